The number of carbonyl (C=O) groups is 1. The fraction of sp³-hybridized carbons (Fsp3) is 0.412. The first kappa shape index (κ1) is 16.4. The topological polar surface area (TPSA) is 61.0 Å². The van der Waals surface area contributed by atoms with Crippen molar-refractivity contribution in [2.45, 2.75) is 25.2 Å². The lowest BCUT2D eigenvalue weighted by Gasteiger charge is -2.31. The SMILES string of the molecule is O=C(NCCc1cc(F)ccc1F)N1CCCC(c2ncc[nH]2)C1. The number of nitrogens with one attached hydrogen (secondary N) is 2. The Bertz CT molecular complexity index is 690. The molecule has 2 amide bonds. The van der Waals surface area contributed by atoms with Gasteiger partial charge in [-0.25, -0.2) is 18.6 Å². The number of urea groups is 1. The van der Waals surface area contributed by atoms with Gasteiger partial charge in [-0.1, -0.05) is 0 Å². The number of rotatable bonds is 4. The van der Waals surface area contributed by atoms with E-state index in [1.807, 2.05) is 0 Å². The Hall–Kier alpha value is -2.44. The summed E-state index contributed by atoms with van der Waals surface area (Å²) in [6, 6.07) is 3.17. The zero-order valence-corrected chi connectivity index (χ0v) is 13.3. The molecule has 0 spiro atoms. The summed E-state index contributed by atoms with van der Waals surface area (Å²) in [5.41, 5.74) is 0.266. The minimum Gasteiger partial charge on any atom is -0.348 e. The number of hydrogen-bond acceptors (Lipinski definition) is 2. The maximum absolute atomic E-state index is 13.6. The summed E-state index contributed by atoms with van der Waals surface area (Å²) in [5.74, 6) is 0.172. The molecule has 0 aliphatic carbocycles. The zero-order chi connectivity index (χ0) is 16.9. The Labute approximate surface area is 139 Å². The quantitative estimate of drug-likeness (QED) is 0.903. The number of nitrogens with zero attached hydrogens (tertiary/aromatic N) is 2. The first-order valence-corrected chi connectivity index (χ1v) is 8.09. The highest BCUT2D eigenvalue weighted by atomic mass is 19.1. The molecule has 1 aromatic heterocycles. The van der Waals surface area contributed by atoms with E-state index in [2.05, 4.69) is 15.3 Å². The van der Waals surface area contributed by atoms with Gasteiger partial charge in [0.05, 0.1) is 0 Å². The lowest BCUT2D eigenvalue weighted by Crippen LogP contribution is -2.45. The second kappa shape index (κ2) is 7.42. The summed E-state index contributed by atoms with van der Waals surface area (Å²) in [7, 11) is 0. The third-order valence-electron chi connectivity index (χ3n) is 4.29. The Balaban J connectivity index is 1.50. The lowest BCUT2D eigenvalue weighted by molar-refractivity contribution is 0.178. The van der Waals surface area contributed by atoms with E-state index in [4.69, 9.17) is 0 Å². The molecule has 3 rings (SSSR count). The molecular weight excluding hydrogens is 314 g/mol. The average Bonchev–Trinajstić information content (AvgIpc) is 3.12. The van der Waals surface area contributed by atoms with Crippen LogP contribution < -0.4 is 5.32 Å². The molecule has 1 unspecified atom stereocenters. The van der Waals surface area contributed by atoms with Gasteiger partial charge in [0.2, 0.25) is 0 Å². The minimum absolute atomic E-state index is 0.178. The fourth-order valence-electron chi connectivity index (χ4n) is 3.04. The molecule has 24 heavy (non-hydrogen) atoms. The molecule has 1 aromatic carbocycles. The van der Waals surface area contributed by atoms with Crippen molar-refractivity contribution in [3.05, 3.63) is 53.6 Å². The largest absolute Gasteiger partial charge is 0.348 e. The van der Waals surface area contributed by atoms with Gasteiger partial charge in [0.15, 0.2) is 0 Å². The summed E-state index contributed by atoms with van der Waals surface area (Å²) < 4.78 is 26.7. The average molecular weight is 334 g/mol. The normalized spacial score (nSPS) is 17.8. The summed E-state index contributed by atoms with van der Waals surface area (Å²) in [4.78, 5) is 21.4. The van der Waals surface area contributed by atoms with E-state index in [0.717, 1.165) is 36.9 Å². The predicted molar refractivity (Wildman–Crippen MR) is 85.6 cm³/mol. The van der Waals surface area contributed by atoms with E-state index in [0.29, 0.717) is 13.1 Å². The molecule has 5 nitrogen and oxygen atoms in total. The second-order valence-corrected chi connectivity index (χ2v) is 5.98. The van der Waals surface area contributed by atoms with Crippen LogP contribution in [0.4, 0.5) is 13.6 Å². The number of aromatic amines is 1. The Kier molecular flexibility index (Phi) is 5.08. The maximum atomic E-state index is 13.6. The van der Waals surface area contributed by atoms with Gasteiger partial charge in [0, 0.05) is 37.9 Å². The highest BCUT2D eigenvalue weighted by molar-refractivity contribution is 5.74. The standard InChI is InChI=1S/C17H20F2N4O/c18-14-3-4-15(19)12(10-14)5-6-22-17(24)23-9-1-2-13(11-23)16-20-7-8-21-16/h3-4,7-8,10,13H,1-2,5-6,9,11H2,(H,20,21)(H,22,24). The van der Waals surface area contributed by atoms with Crippen LogP contribution in [-0.2, 0) is 6.42 Å². The van der Waals surface area contributed by atoms with Gasteiger partial charge in [-0.15, -0.1) is 0 Å². The molecule has 2 aromatic rings. The molecule has 7 heteroatoms. The van der Waals surface area contributed by atoms with Gasteiger partial charge in [-0.05, 0) is 43.0 Å². The fourth-order valence-corrected chi connectivity index (χ4v) is 3.04. The van der Waals surface area contributed by atoms with Crippen LogP contribution in [0.15, 0.2) is 30.6 Å². The van der Waals surface area contributed by atoms with Crippen LogP contribution in [0.25, 0.3) is 0 Å². The van der Waals surface area contributed by atoms with Crippen LogP contribution >= 0.6 is 0 Å². The molecule has 1 atom stereocenters. The van der Waals surface area contributed by atoms with Crippen molar-refractivity contribution >= 4 is 6.03 Å². The molecular formula is C17H20F2N4O. The van der Waals surface area contributed by atoms with Gasteiger partial charge in [-0.3, -0.25) is 0 Å². The summed E-state index contributed by atoms with van der Waals surface area (Å²) >= 11 is 0. The lowest BCUT2D eigenvalue weighted by atomic mass is 9.98. The van der Waals surface area contributed by atoms with Crippen LogP contribution in [0.3, 0.4) is 0 Å². The van der Waals surface area contributed by atoms with Gasteiger partial charge in [0.1, 0.15) is 17.5 Å². The predicted octanol–water partition coefficient (Wildman–Crippen LogP) is 2.82. The number of amides is 2. The van der Waals surface area contributed by atoms with Gasteiger partial charge < -0.3 is 15.2 Å². The molecule has 2 heterocycles. The first-order chi connectivity index (χ1) is 11.6. The summed E-state index contributed by atoms with van der Waals surface area (Å²) in [6.45, 7) is 1.56. The van der Waals surface area contributed by atoms with E-state index in [1.54, 1.807) is 17.3 Å². The van der Waals surface area contributed by atoms with E-state index in [-0.39, 0.29) is 30.5 Å². The van der Waals surface area contributed by atoms with E-state index >= 15 is 0 Å². The number of imidazole rings is 1. The van der Waals surface area contributed by atoms with Crippen LogP contribution in [0.1, 0.15) is 30.1 Å². The number of piperidine rings is 1. The number of H-pyrrole nitrogens is 1. The van der Waals surface area contributed by atoms with Crippen molar-refractivity contribution < 1.29 is 13.6 Å². The molecule has 128 valence electrons. The Morgan fingerprint density at radius 3 is 3.08 bits per heavy atom. The molecule has 0 saturated carbocycles. The highest BCUT2D eigenvalue weighted by Crippen LogP contribution is 2.24. The van der Waals surface area contributed by atoms with Crippen molar-refractivity contribution in [2.75, 3.05) is 19.6 Å². The van der Waals surface area contributed by atoms with Crippen LogP contribution in [-0.4, -0.2) is 40.5 Å². The second-order valence-electron chi connectivity index (χ2n) is 5.98. The van der Waals surface area contributed by atoms with Gasteiger partial charge >= 0.3 is 6.03 Å². The number of halogens is 2. The molecule has 0 radical (unpaired) electrons. The molecule has 1 saturated heterocycles. The summed E-state index contributed by atoms with van der Waals surface area (Å²) in [6.07, 6.45) is 5.65. The van der Waals surface area contributed by atoms with E-state index in [1.165, 1.54) is 0 Å². The molecule has 1 aliphatic heterocycles. The van der Waals surface area contributed by atoms with Crippen molar-refractivity contribution in [1.29, 1.82) is 0 Å². The number of aromatic nitrogens is 2. The van der Waals surface area contributed by atoms with E-state index in [9.17, 15) is 13.6 Å². The van der Waals surface area contributed by atoms with Crippen LogP contribution in [0, 0.1) is 11.6 Å². The Morgan fingerprint density at radius 2 is 2.29 bits per heavy atom. The van der Waals surface area contributed by atoms with Crippen molar-refractivity contribution in [3.8, 4) is 0 Å². The zero-order valence-electron chi connectivity index (χ0n) is 13.3. The number of carbonyl (C=O) groups excluding carboxylic acids is 1. The Morgan fingerprint density at radius 1 is 1.42 bits per heavy atom. The third-order valence-corrected chi connectivity index (χ3v) is 4.29. The van der Waals surface area contributed by atoms with Gasteiger partial charge in [-0.2, -0.15) is 0 Å². The highest BCUT2D eigenvalue weighted by Gasteiger charge is 2.25. The monoisotopic (exact) mass is 334 g/mol. The van der Waals surface area contributed by atoms with Crippen LogP contribution in [0.5, 0.6) is 0 Å². The smallest absolute Gasteiger partial charge is 0.317 e. The minimum atomic E-state index is -0.477. The molecule has 1 aliphatic rings. The van der Waals surface area contributed by atoms with E-state index < -0.39 is 11.6 Å². The molecule has 0 bridgehead atoms. The third kappa shape index (κ3) is 3.90. The summed E-state index contributed by atoms with van der Waals surface area (Å²) in [5, 5.41) is 2.78. The van der Waals surface area contributed by atoms with Crippen molar-refractivity contribution in [1.82, 2.24) is 20.2 Å². The number of benzene rings is 1. The van der Waals surface area contributed by atoms with Crippen molar-refractivity contribution in [2.24, 2.45) is 0 Å². The first-order valence-electron chi connectivity index (χ1n) is 8.09. The molecule has 1 fully saturated rings. The number of hydrogen-bond donors (Lipinski definition) is 2. The number of likely N-dealkylation sites (tertiary alicyclic amines) is 1. The maximum Gasteiger partial charge on any atom is 0.317 e. The molecule has 2 N–H and O–H groups in total. The van der Waals surface area contributed by atoms with Crippen LogP contribution in [0.2, 0.25) is 0 Å². The van der Waals surface area contributed by atoms with Gasteiger partial charge in [0.25, 0.3) is 0 Å². The van der Waals surface area contributed by atoms with Crippen molar-refractivity contribution in [3.63, 3.8) is 0 Å².